The number of hydrogen-bond acceptors (Lipinski definition) is 1. The van der Waals surface area contributed by atoms with Gasteiger partial charge in [-0.15, -0.1) is 0 Å². The van der Waals surface area contributed by atoms with Gasteiger partial charge in [0, 0.05) is 6.07 Å². The average molecular weight is 439 g/mol. The van der Waals surface area contributed by atoms with Crippen molar-refractivity contribution in [1.29, 1.82) is 0 Å². The van der Waals surface area contributed by atoms with Crippen LogP contribution in [0, 0.1) is 0 Å². The predicted molar refractivity (Wildman–Crippen MR) is 67.6 cm³/mol. The SMILES string of the molecule is ICC1COc2cccc3ccc[n+]1c23.[I-]. The molecule has 16 heavy (non-hydrogen) atoms. The third kappa shape index (κ3) is 1.90. The summed E-state index contributed by atoms with van der Waals surface area (Å²) in [5.41, 5.74) is 1.23. The van der Waals surface area contributed by atoms with Crippen molar-refractivity contribution in [3.63, 3.8) is 0 Å². The smallest absolute Gasteiger partial charge is 0.255 e. The molecule has 0 radical (unpaired) electrons. The van der Waals surface area contributed by atoms with Crippen molar-refractivity contribution >= 4 is 33.5 Å². The lowest BCUT2D eigenvalue weighted by molar-refractivity contribution is -0.698. The lowest BCUT2D eigenvalue weighted by Crippen LogP contribution is -3.00. The summed E-state index contributed by atoms with van der Waals surface area (Å²) in [4.78, 5) is 0. The van der Waals surface area contributed by atoms with Crippen LogP contribution in [-0.4, -0.2) is 11.0 Å². The second-order valence-corrected chi connectivity index (χ2v) is 4.61. The summed E-state index contributed by atoms with van der Waals surface area (Å²) >= 11 is 2.41. The van der Waals surface area contributed by atoms with Crippen molar-refractivity contribution in [2.24, 2.45) is 0 Å². The Morgan fingerprint density at radius 3 is 2.94 bits per heavy atom. The predicted octanol–water partition coefficient (Wildman–Crippen LogP) is -0.500. The summed E-state index contributed by atoms with van der Waals surface area (Å²) in [6, 6.07) is 10.9. The van der Waals surface area contributed by atoms with Crippen LogP contribution in [0.3, 0.4) is 0 Å². The summed E-state index contributed by atoms with van der Waals surface area (Å²) in [6.07, 6.45) is 2.15. The molecule has 2 nitrogen and oxygen atoms in total. The number of benzene rings is 1. The molecule has 0 bridgehead atoms. The topological polar surface area (TPSA) is 13.1 Å². The molecule has 0 saturated heterocycles. The third-order valence-electron chi connectivity index (χ3n) is 2.81. The van der Waals surface area contributed by atoms with E-state index < -0.39 is 0 Å². The molecule has 1 unspecified atom stereocenters. The van der Waals surface area contributed by atoms with E-state index in [0.29, 0.717) is 6.04 Å². The first-order valence-corrected chi connectivity index (χ1v) is 6.54. The van der Waals surface area contributed by atoms with Gasteiger partial charge in [-0.1, -0.05) is 28.7 Å². The van der Waals surface area contributed by atoms with Crippen LogP contribution >= 0.6 is 22.6 Å². The van der Waals surface area contributed by atoms with Crippen LogP contribution in [0.2, 0.25) is 0 Å². The van der Waals surface area contributed by atoms with Crippen molar-refractivity contribution in [2.75, 3.05) is 11.0 Å². The Balaban J connectivity index is 0.000000963. The van der Waals surface area contributed by atoms with Gasteiger partial charge in [-0.3, -0.25) is 0 Å². The van der Waals surface area contributed by atoms with Crippen LogP contribution in [0.1, 0.15) is 6.04 Å². The average Bonchev–Trinajstić information content (AvgIpc) is 2.30. The van der Waals surface area contributed by atoms with E-state index in [1.165, 1.54) is 10.9 Å². The first-order chi connectivity index (χ1) is 7.40. The fourth-order valence-electron chi connectivity index (χ4n) is 2.07. The third-order valence-corrected chi connectivity index (χ3v) is 3.83. The zero-order valence-corrected chi connectivity index (χ0v) is 12.9. The van der Waals surface area contributed by atoms with Crippen LogP contribution in [0.4, 0.5) is 0 Å². The minimum atomic E-state index is 0. The van der Waals surface area contributed by atoms with E-state index in [1.807, 2.05) is 12.1 Å². The largest absolute Gasteiger partial charge is 1.00 e. The van der Waals surface area contributed by atoms with Gasteiger partial charge < -0.3 is 28.7 Å². The summed E-state index contributed by atoms with van der Waals surface area (Å²) in [6.45, 7) is 0.781. The standard InChI is InChI=1S/C12H11INO.HI/c13-7-10-8-15-11-5-1-3-9-4-2-6-14(10)12(9)11;/h1-6,10H,7-8H2;1H/q+1;/p-1. The van der Waals surface area contributed by atoms with Crippen LogP contribution in [0.15, 0.2) is 36.5 Å². The molecule has 4 heteroatoms. The highest BCUT2D eigenvalue weighted by atomic mass is 127. The molecular formula is C12H11I2NO. The Morgan fingerprint density at radius 1 is 1.31 bits per heavy atom. The van der Waals surface area contributed by atoms with E-state index in [9.17, 15) is 0 Å². The van der Waals surface area contributed by atoms with Gasteiger partial charge >= 0.3 is 0 Å². The number of rotatable bonds is 1. The summed E-state index contributed by atoms with van der Waals surface area (Å²) in [5, 5.41) is 1.25. The molecule has 2 aromatic rings. The number of nitrogens with zero attached hydrogens (tertiary/aromatic N) is 1. The van der Waals surface area contributed by atoms with Gasteiger partial charge in [0.25, 0.3) is 5.52 Å². The van der Waals surface area contributed by atoms with Crippen LogP contribution in [0.5, 0.6) is 5.75 Å². The van der Waals surface area contributed by atoms with Crippen molar-refractivity contribution in [1.82, 2.24) is 0 Å². The molecule has 1 aliphatic heterocycles. The zero-order chi connectivity index (χ0) is 10.3. The van der Waals surface area contributed by atoms with Crippen LogP contribution < -0.4 is 33.3 Å². The maximum absolute atomic E-state index is 5.77. The van der Waals surface area contributed by atoms with Gasteiger partial charge in [-0.25, -0.2) is 0 Å². The van der Waals surface area contributed by atoms with E-state index in [4.69, 9.17) is 4.74 Å². The van der Waals surface area contributed by atoms with Crippen molar-refractivity contribution in [3.05, 3.63) is 36.5 Å². The van der Waals surface area contributed by atoms with Gasteiger partial charge in [-0.2, -0.15) is 4.57 Å². The molecule has 1 aromatic carbocycles. The molecule has 1 atom stereocenters. The maximum atomic E-state index is 5.77. The molecular weight excluding hydrogens is 428 g/mol. The van der Waals surface area contributed by atoms with Gasteiger partial charge in [0.1, 0.15) is 0 Å². The number of pyridine rings is 1. The number of hydrogen-bond donors (Lipinski definition) is 0. The highest BCUT2D eigenvalue weighted by Gasteiger charge is 2.28. The molecule has 0 spiro atoms. The van der Waals surface area contributed by atoms with E-state index in [0.717, 1.165) is 16.8 Å². The van der Waals surface area contributed by atoms with Gasteiger partial charge in [0.05, 0.1) is 9.81 Å². The highest BCUT2D eigenvalue weighted by molar-refractivity contribution is 14.1. The Labute approximate surface area is 125 Å². The lowest BCUT2D eigenvalue weighted by atomic mass is 10.1. The Bertz CT molecular complexity index is 510. The number of aromatic nitrogens is 1. The monoisotopic (exact) mass is 439 g/mol. The lowest BCUT2D eigenvalue weighted by Gasteiger charge is -2.19. The number of alkyl halides is 1. The highest BCUT2D eigenvalue weighted by Crippen LogP contribution is 2.27. The van der Waals surface area contributed by atoms with E-state index in [-0.39, 0.29) is 24.0 Å². The van der Waals surface area contributed by atoms with Crippen LogP contribution in [0.25, 0.3) is 10.9 Å². The minimum absolute atomic E-state index is 0. The Morgan fingerprint density at radius 2 is 2.12 bits per heavy atom. The molecule has 1 aromatic heterocycles. The molecule has 0 amide bonds. The Hall–Kier alpha value is -0.110. The number of halogens is 2. The molecule has 0 saturated carbocycles. The first-order valence-electron chi connectivity index (χ1n) is 5.02. The van der Waals surface area contributed by atoms with Gasteiger partial charge in [0.2, 0.25) is 6.04 Å². The zero-order valence-electron chi connectivity index (χ0n) is 8.57. The molecule has 3 rings (SSSR count). The van der Waals surface area contributed by atoms with Gasteiger partial charge in [0.15, 0.2) is 18.6 Å². The Kier molecular flexibility index (Phi) is 3.89. The second-order valence-electron chi connectivity index (χ2n) is 3.73. The van der Waals surface area contributed by atoms with E-state index in [1.54, 1.807) is 0 Å². The summed E-state index contributed by atoms with van der Waals surface area (Å²) < 4.78 is 9.19. The van der Waals surface area contributed by atoms with E-state index in [2.05, 4.69) is 51.6 Å². The second kappa shape index (κ2) is 5.03. The molecule has 2 heterocycles. The molecule has 0 fully saturated rings. The van der Waals surface area contributed by atoms with E-state index >= 15 is 0 Å². The summed E-state index contributed by atoms with van der Waals surface area (Å²) in [5.74, 6) is 1.01. The summed E-state index contributed by atoms with van der Waals surface area (Å²) in [7, 11) is 0. The number of ether oxygens (including phenoxy) is 1. The fraction of sp³-hybridized carbons (Fsp3) is 0.250. The number of para-hydroxylation sites is 1. The van der Waals surface area contributed by atoms with Crippen molar-refractivity contribution < 1.29 is 33.3 Å². The first kappa shape index (κ1) is 12.3. The van der Waals surface area contributed by atoms with Gasteiger partial charge in [-0.05, 0) is 18.2 Å². The normalized spacial score (nSPS) is 17.7. The minimum Gasteiger partial charge on any atom is -1.00 e. The quantitative estimate of drug-likeness (QED) is 0.332. The molecule has 0 N–H and O–H groups in total. The molecule has 84 valence electrons. The van der Waals surface area contributed by atoms with Crippen molar-refractivity contribution in [3.8, 4) is 5.75 Å². The fourth-order valence-corrected chi connectivity index (χ4v) is 2.75. The molecule has 1 aliphatic rings. The maximum Gasteiger partial charge on any atom is 0.255 e. The van der Waals surface area contributed by atoms with Crippen LogP contribution in [-0.2, 0) is 0 Å². The molecule has 0 aliphatic carbocycles. The van der Waals surface area contributed by atoms with Crippen molar-refractivity contribution in [2.45, 2.75) is 6.04 Å².